The summed E-state index contributed by atoms with van der Waals surface area (Å²) in [6.45, 7) is 0.545. The van der Waals surface area contributed by atoms with E-state index in [1.54, 1.807) is 27.3 Å². The Bertz CT molecular complexity index is 1070. The van der Waals surface area contributed by atoms with E-state index in [0.29, 0.717) is 18.0 Å². The number of para-hydroxylation sites is 1. The van der Waals surface area contributed by atoms with Crippen molar-refractivity contribution >= 4 is 17.9 Å². The maximum absolute atomic E-state index is 12.2. The highest BCUT2D eigenvalue weighted by Crippen LogP contribution is 2.31. The van der Waals surface area contributed by atoms with Crippen molar-refractivity contribution in [1.29, 1.82) is 0 Å². The van der Waals surface area contributed by atoms with Crippen molar-refractivity contribution in [2.45, 2.75) is 6.54 Å². The fourth-order valence-electron chi connectivity index (χ4n) is 3.01. The lowest BCUT2D eigenvalue weighted by Gasteiger charge is -2.09. The smallest absolute Gasteiger partial charge is 0.244 e. The summed E-state index contributed by atoms with van der Waals surface area (Å²) in [6.07, 6.45) is 5.00. The van der Waals surface area contributed by atoms with Crippen LogP contribution < -0.4 is 10.1 Å². The van der Waals surface area contributed by atoms with Crippen molar-refractivity contribution in [3.8, 4) is 17.0 Å². The Morgan fingerprint density at radius 1 is 1.10 bits per heavy atom. The van der Waals surface area contributed by atoms with Gasteiger partial charge in [0.05, 0.1) is 20.2 Å². The number of methoxy groups -OCH3 is 1. The second kappa shape index (κ2) is 10.2. The van der Waals surface area contributed by atoms with Gasteiger partial charge in [-0.3, -0.25) is 14.3 Å². The van der Waals surface area contributed by atoms with E-state index in [9.17, 15) is 9.59 Å². The zero-order chi connectivity index (χ0) is 22.2. The average Bonchev–Trinajstić information content (AvgIpc) is 3.18. The highest BCUT2D eigenvalue weighted by molar-refractivity contribution is 5.95. The molecule has 0 saturated carbocycles. The molecule has 1 N–H and O–H groups in total. The van der Waals surface area contributed by atoms with E-state index in [2.05, 4.69) is 5.32 Å². The molecule has 2 amide bonds. The molecule has 0 unspecified atom stereocenters. The first-order valence-corrected chi connectivity index (χ1v) is 9.88. The first-order valence-electron chi connectivity index (χ1n) is 9.88. The van der Waals surface area contributed by atoms with Crippen LogP contribution >= 0.6 is 0 Å². The van der Waals surface area contributed by atoms with Crippen LogP contribution in [0.2, 0.25) is 0 Å². The lowest BCUT2D eigenvalue weighted by molar-refractivity contribution is -0.129. The Morgan fingerprint density at radius 2 is 1.81 bits per heavy atom. The molecule has 3 rings (SSSR count). The zero-order valence-corrected chi connectivity index (χ0v) is 17.9. The molecule has 0 fully saturated rings. The molecule has 0 aliphatic rings. The number of hydrogen-bond donors (Lipinski definition) is 1. The van der Waals surface area contributed by atoms with Gasteiger partial charge in [-0.1, -0.05) is 42.5 Å². The largest absolute Gasteiger partial charge is 0.496 e. The zero-order valence-electron chi connectivity index (χ0n) is 17.9. The minimum Gasteiger partial charge on any atom is -0.496 e. The van der Waals surface area contributed by atoms with Gasteiger partial charge in [0, 0.05) is 37.5 Å². The van der Waals surface area contributed by atoms with Crippen molar-refractivity contribution < 1.29 is 14.3 Å². The normalized spacial score (nSPS) is 10.8. The van der Waals surface area contributed by atoms with Gasteiger partial charge in [-0.15, -0.1) is 0 Å². The van der Waals surface area contributed by atoms with Crippen LogP contribution in [-0.4, -0.2) is 54.2 Å². The van der Waals surface area contributed by atoms with Crippen LogP contribution in [0.15, 0.2) is 66.9 Å². The molecule has 0 saturated heterocycles. The van der Waals surface area contributed by atoms with Crippen molar-refractivity contribution in [3.63, 3.8) is 0 Å². The van der Waals surface area contributed by atoms with Crippen LogP contribution in [0.1, 0.15) is 11.1 Å². The standard InChI is InChI=1S/C24H26N4O3/c1-27(2)23(30)15-25-22(29)14-13-19-17-28(16-18-9-5-4-6-10-18)26-24(19)20-11-7-8-12-21(20)31-3/h4-14,17H,15-16H2,1-3H3,(H,25,29)/b14-13+. The molecular formula is C24H26N4O3. The topological polar surface area (TPSA) is 76.5 Å². The van der Waals surface area contributed by atoms with Gasteiger partial charge in [-0.25, -0.2) is 0 Å². The molecule has 1 aromatic heterocycles. The molecule has 0 radical (unpaired) electrons. The molecule has 7 nitrogen and oxygen atoms in total. The highest BCUT2D eigenvalue weighted by atomic mass is 16.5. The summed E-state index contributed by atoms with van der Waals surface area (Å²) in [4.78, 5) is 25.3. The van der Waals surface area contributed by atoms with E-state index in [-0.39, 0.29) is 18.4 Å². The Labute approximate surface area is 181 Å². The van der Waals surface area contributed by atoms with Gasteiger partial charge in [0.25, 0.3) is 0 Å². The Hall–Kier alpha value is -3.87. The van der Waals surface area contributed by atoms with Crippen molar-refractivity contribution in [3.05, 3.63) is 78.0 Å². The number of benzene rings is 2. The summed E-state index contributed by atoms with van der Waals surface area (Å²) >= 11 is 0. The molecule has 0 aliphatic carbocycles. The molecule has 1 heterocycles. The third-order valence-corrected chi connectivity index (χ3v) is 4.67. The van der Waals surface area contributed by atoms with Crippen LogP contribution in [0, 0.1) is 0 Å². The first kappa shape index (κ1) is 21.8. The van der Waals surface area contributed by atoms with Crippen molar-refractivity contribution in [1.82, 2.24) is 20.0 Å². The summed E-state index contributed by atoms with van der Waals surface area (Å²) in [7, 11) is 4.90. The Kier molecular flexibility index (Phi) is 7.22. The number of rotatable bonds is 8. The van der Waals surface area contributed by atoms with Crippen molar-refractivity contribution in [2.24, 2.45) is 0 Å². The number of aromatic nitrogens is 2. The summed E-state index contributed by atoms with van der Waals surface area (Å²) < 4.78 is 7.34. The molecule has 31 heavy (non-hydrogen) atoms. The third kappa shape index (κ3) is 5.82. The quantitative estimate of drug-likeness (QED) is 0.571. The van der Waals surface area contributed by atoms with Crippen LogP contribution in [0.5, 0.6) is 5.75 Å². The summed E-state index contributed by atoms with van der Waals surface area (Å²) in [5.41, 5.74) is 3.43. The molecule has 7 heteroatoms. The van der Waals surface area contributed by atoms with Crippen LogP contribution in [0.25, 0.3) is 17.3 Å². The third-order valence-electron chi connectivity index (χ3n) is 4.67. The summed E-state index contributed by atoms with van der Waals surface area (Å²) in [5.74, 6) is 0.173. The highest BCUT2D eigenvalue weighted by Gasteiger charge is 2.14. The molecular weight excluding hydrogens is 392 g/mol. The van der Waals surface area contributed by atoms with E-state index >= 15 is 0 Å². The number of nitrogens with zero attached hydrogens (tertiary/aromatic N) is 3. The number of hydrogen-bond acceptors (Lipinski definition) is 4. The number of ether oxygens (including phenoxy) is 1. The lowest BCUT2D eigenvalue weighted by atomic mass is 10.1. The second-order valence-corrected chi connectivity index (χ2v) is 7.16. The molecule has 0 aliphatic heterocycles. The fourth-order valence-corrected chi connectivity index (χ4v) is 3.01. The van der Waals surface area contributed by atoms with E-state index in [0.717, 1.165) is 16.7 Å². The van der Waals surface area contributed by atoms with Gasteiger partial charge in [-0.2, -0.15) is 5.10 Å². The minimum atomic E-state index is -0.350. The van der Waals surface area contributed by atoms with Crippen LogP contribution in [0.4, 0.5) is 0 Å². The van der Waals surface area contributed by atoms with Gasteiger partial charge in [-0.05, 0) is 23.8 Å². The molecule has 0 bridgehead atoms. The number of likely N-dealkylation sites (N-methyl/N-ethyl adjacent to an activating group) is 1. The maximum Gasteiger partial charge on any atom is 0.244 e. The number of nitrogens with one attached hydrogen (secondary N) is 1. The number of carbonyl (C=O) groups is 2. The van der Waals surface area contributed by atoms with Crippen molar-refractivity contribution in [2.75, 3.05) is 27.7 Å². The van der Waals surface area contributed by atoms with E-state index in [4.69, 9.17) is 9.84 Å². The number of carbonyl (C=O) groups excluding carboxylic acids is 2. The number of amides is 2. The minimum absolute atomic E-state index is 0.0528. The summed E-state index contributed by atoms with van der Waals surface area (Å²) in [6, 6.07) is 17.6. The van der Waals surface area contributed by atoms with E-state index < -0.39 is 0 Å². The van der Waals surface area contributed by atoms with Gasteiger partial charge < -0.3 is 15.0 Å². The maximum atomic E-state index is 12.2. The lowest BCUT2D eigenvalue weighted by Crippen LogP contribution is -2.35. The first-order chi connectivity index (χ1) is 15.0. The summed E-state index contributed by atoms with van der Waals surface area (Å²) in [5, 5.41) is 7.35. The van der Waals surface area contributed by atoms with Gasteiger partial charge >= 0.3 is 0 Å². The SMILES string of the molecule is COc1ccccc1-c1nn(Cc2ccccc2)cc1/C=C/C(=O)NCC(=O)N(C)C. The van der Waals surface area contributed by atoms with Gasteiger partial charge in [0.15, 0.2) is 0 Å². The van der Waals surface area contributed by atoms with Crippen LogP contribution in [0.3, 0.4) is 0 Å². The average molecular weight is 418 g/mol. The molecule has 2 aromatic carbocycles. The van der Waals surface area contributed by atoms with E-state index in [1.165, 1.54) is 11.0 Å². The fraction of sp³-hybridized carbons (Fsp3) is 0.208. The molecule has 3 aromatic rings. The predicted octanol–water partition coefficient (Wildman–Crippen LogP) is 2.82. The molecule has 0 spiro atoms. The Morgan fingerprint density at radius 3 is 2.52 bits per heavy atom. The van der Waals surface area contributed by atoms with Crippen LogP contribution in [-0.2, 0) is 16.1 Å². The molecule has 0 atom stereocenters. The Balaban J connectivity index is 1.88. The second-order valence-electron chi connectivity index (χ2n) is 7.16. The van der Waals surface area contributed by atoms with E-state index in [1.807, 2.05) is 65.5 Å². The monoisotopic (exact) mass is 418 g/mol. The molecule has 160 valence electrons. The van der Waals surface area contributed by atoms with Gasteiger partial charge in [0.2, 0.25) is 11.8 Å². The van der Waals surface area contributed by atoms with Gasteiger partial charge in [0.1, 0.15) is 11.4 Å². The predicted molar refractivity (Wildman–Crippen MR) is 120 cm³/mol.